The van der Waals surface area contributed by atoms with Crippen molar-refractivity contribution in [1.29, 1.82) is 5.26 Å². The van der Waals surface area contributed by atoms with Crippen molar-refractivity contribution in [3.8, 4) is 6.07 Å². The van der Waals surface area contributed by atoms with E-state index < -0.39 is 0 Å². The predicted molar refractivity (Wildman–Crippen MR) is 98.4 cm³/mol. The summed E-state index contributed by atoms with van der Waals surface area (Å²) in [5, 5.41) is 8.86. The van der Waals surface area contributed by atoms with Crippen LogP contribution in [0.15, 0.2) is 24.3 Å². The van der Waals surface area contributed by atoms with Gasteiger partial charge >= 0.3 is 0 Å². The Morgan fingerprint density at radius 1 is 0.826 bits per heavy atom. The van der Waals surface area contributed by atoms with Crippen molar-refractivity contribution in [2.45, 2.75) is 53.0 Å². The Balaban J connectivity index is 2.31. The van der Waals surface area contributed by atoms with Crippen LogP contribution in [-0.2, 0) is 6.54 Å². The van der Waals surface area contributed by atoms with Gasteiger partial charge in [-0.05, 0) is 76.1 Å². The molecule has 0 aromatic heterocycles. The van der Waals surface area contributed by atoms with Crippen molar-refractivity contribution in [2.24, 2.45) is 0 Å². The van der Waals surface area contributed by atoms with E-state index in [1.165, 1.54) is 50.9 Å². The molecule has 0 saturated heterocycles. The van der Waals surface area contributed by atoms with Crippen LogP contribution in [0, 0.1) is 11.3 Å². The smallest absolute Gasteiger partial charge is 0.0991 e. The van der Waals surface area contributed by atoms with Gasteiger partial charge in [0.15, 0.2) is 0 Å². The monoisotopic (exact) mass is 315 g/mol. The van der Waals surface area contributed by atoms with E-state index in [4.69, 9.17) is 5.26 Å². The molecule has 1 aromatic carbocycles. The molecule has 0 amide bonds. The molecule has 0 saturated carbocycles. The molecule has 1 rings (SSSR count). The zero-order valence-electron chi connectivity index (χ0n) is 15.2. The van der Waals surface area contributed by atoms with E-state index in [1.807, 2.05) is 12.1 Å². The maximum atomic E-state index is 8.86. The highest BCUT2D eigenvalue weighted by Gasteiger charge is 2.06. The molecule has 0 aliphatic heterocycles. The van der Waals surface area contributed by atoms with E-state index in [0.717, 1.165) is 25.2 Å². The summed E-state index contributed by atoms with van der Waals surface area (Å²) in [6.07, 6.45) is 5.04. The van der Waals surface area contributed by atoms with Gasteiger partial charge in [-0.1, -0.05) is 32.9 Å². The number of rotatable bonds is 12. The molecule has 23 heavy (non-hydrogen) atoms. The average Bonchev–Trinajstić information content (AvgIpc) is 2.58. The summed E-state index contributed by atoms with van der Waals surface area (Å²) in [6, 6.07) is 10.2. The van der Waals surface area contributed by atoms with Crippen LogP contribution in [-0.4, -0.2) is 42.5 Å². The van der Waals surface area contributed by atoms with Crippen LogP contribution in [0.1, 0.15) is 57.6 Å². The summed E-state index contributed by atoms with van der Waals surface area (Å²) in [5.41, 5.74) is 2.04. The third kappa shape index (κ3) is 8.16. The fraction of sp³-hybridized carbons (Fsp3) is 0.650. The summed E-state index contributed by atoms with van der Waals surface area (Å²) in [5.74, 6) is 0. The highest BCUT2D eigenvalue weighted by molar-refractivity contribution is 5.31. The fourth-order valence-electron chi connectivity index (χ4n) is 2.93. The van der Waals surface area contributed by atoms with Crippen molar-refractivity contribution in [2.75, 3.05) is 32.7 Å². The van der Waals surface area contributed by atoms with Gasteiger partial charge in [0.2, 0.25) is 0 Å². The number of unbranched alkanes of at least 4 members (excludes halogenated alkanes) is 1. The van der Waals surface area contributed by atoms with Gasteiger partial charge in [-0.25, -0.2) is 0 Å². The largest absolute Gasteiger partial charge is 0.303 e. The Labute approximate surface area is 142 Å². The van der Waals surface area contributed by atoms with Gasteiger partial charge in [0, 0.05) is 6.54 Å². The van der Waals surface area contributed by atoms with Crippen molar-refractivity contribution in [3.63, 3.8) is 0 Å². The highest BCUT2D eigenvalue weighted by atomic mass is 15.1. The molecule has 0 aliphatic carbocycles. The Hall–Kier alpha value is -1.37. The Morgan fingerprint density at radius 3 is 1.87 bits per heavy atom. The Bertz CT molecular complexity index is 441. The lowest BCUT2D eigenvalue weighted by molar-refractivity contribution is 0.242. The first kappa shape index (κ1) is 19.7. The minimum Gasteiger partial charge on any atom is -0.303 e. The number of nitriles is 1. The van der Waals surface area contributed by atoms with Gasteiger partial charge < -0.3 is 4.90 Å². The Kier molecular flexibility index (Phi) is 10.4. The quantitative estimate of drug-likeness (QED) is 0.539. The van der Waals surface area contributed by atoms with Crippen molar-refractivity contribution < 1.29 is 0 Å². The van der Waals surface area contributed by atoms with Gasteiger partial charge in [-0.3, -0.25) is 4.90 Å². The van der Waals surface area contributed by atoms with Crippen LogP contribution in [0.5, 0.6) is 0 Å². The molecule has 3 heteroatoms. The molecule has 3 nitrogen and oxygen atoms in total. The van der Waals surface area contributed by atoms with Crippen LogP contribution >= 0.6 is 0 Å². The summed E-state index contributed by atoms with van der Waals surface area (Å²) in [7, 11) is 0. The second-order valence-corrected chi connectivity index (χ2v) is 6.23. The lowest BCUT2D eigenvalue weighted by Gasteiger charge is -2.23. The minimum atomic E-state index is 0.740. The molecule has 128 valence electrons. The molecular formula is C20H33N3. The van der Waals surface area contributed by atoms with Crippen molar-refractivity contribution >= 4 is 0 Å². The lowest BCUT2D eigenvalue weighted by atomic mass is 10.1. The molecule has 0 bridgehead atoms. The molecule has 1 aromatic rings. The topological polar surface area (TPSA) is 30.3 Å². The van der Waals surface area contributed by atoms with Gasteiger partial charge in [0.1, 0.15) is 0 Å². The molecule has 0 aliphatic rings. The fourth-order valence-corrected chi connectivity index (χ4v) is 2.93. The maximum absolute atomic E-state index is 8.86. The SMILES string of the molecule is CCCN(CCC)CCCCN(CC)Cc1ccc(C#N)cc1. The lowest BCUT2D eigenvalue weighted by Crippen LogP contribution is -2.28. The number of hydrogen-bond donors (Lipinski definition) is 0. The zero-order chi connectivity index (χ0) is 16.9. The molecular weight excluding hydrogens is 282 g/mol. The van der Waals surface area contributed by atoms with E-state index in [-0.39, 0.29) is 0 Å². The van der Waals surface area contributed by atoms with Crippen molar-refractivity contribution in [3.05, 3.63) is 35.4 Å². The molecule has 0 fully saturated rings. The minimum absolute atomic E-state index is 0.740. The van der Waals surface area contributed by atoms with Gasteiger partial charge in [-0.15, -0.1) is 0 Å². The summed E-state index contributed by atoms with van der Waals surface area (Å²) in [6.45, 7) is 13.7. The Morgan fingerprint density at radius 2 is 1.39 bits per heavy atom. The normalized spacial score (nSPS) is 11.1. The first-order valence-corrected chi connectivity index (χ1v) is 9.17. The van der Waals surface area contributed by atoms with E-state index in [0.29, 0.717) is 0 Å². The van der Waals surface area contributed by atoms with Gasteiger partial charge in [-0.2, -0.15) is 5.26 Å². The third-order valence-electron chi connectivity index (χ3n) is 4.21. The van der Waals surface area contributed by atoms with Gasteiger partial charge in [0.05, 0.1) is 11.6 Å². The second kappa shape index (κ2) is 12.1. The van der Waals surface area contributed by atoms with E-state index >= 15 is 0 Å². The number of nitrogens with zero attached hydrogens (tertiary/aromatic N) is 3. The van der Waals surface area contributed by atoms with Crippen LogP contribution in [0.4, 0.5) is 0 Å². The molecule has 0 atom stereocenters. The number of hydrogen-bond acceptors (Lipinski definition) is 3. The van der Waals surface area contributed by atoms with Gasteiger partial charge in [0.25, 0.3) is 0 Å². The summed E-state index contributed by atoms with van der Waals surface area (Å²) < 4.78 is 0. The predicted octanol–water partition coefficient (Wildman–Crippen LogP) is 4.28. The summed E-state index contributed by atoms with van der Waals surface area (Å²) >= 11 is 0. The van der Waals surface area contributed by atoms with Crippen LogP contribution in [0.25, 0.3) is 0 Å². The third-order valence-corrected chi connectivity index (χ3v) is 4.21. The first-order valence-electron chi connectivity index (χ1n) is 9.17. The molecule has 0 unspecified atom stereocenters. The van der Waals surface area contributed by atoms with E-state index in [2.05, 4.69) is 48.8 Å². The standard InChI is InChI=1S/C20H33N3/c1-4-13-23(14-5-2)16-8-7-15-22(6-3)18-20-11-9-19(17-21)10-12-20/h9-12H,4-8,13-16,18H2,1-3H3. The number of benzene rings is 1. The van der Waals surface area contributed by atoms with E-state index in [1.54, 1.807) is 0 Å². The molecule has 0 N–H and O–H groups in total. The average molecular weight is 316 g/mol. The first-order chi connectivity index (χ1) is 11.2. The van der Waals surface area contributed by atoms with Crippen LogP contribution < -0.4 is 0 Å². The maximum Gasteiger partial charge on any atom is 0.0991 e. The van der Waals surface area contributed by atoms with Crippen molar-refractivity contribution in [1.82, 2.24) is 9.80 Å². The molecule has 0 radical (unpaired) electrons. The second-order valence-electron chi connectivity index (χ2n) is 6.23. The molecule has 0 spiro atoms. The molecule has 0 heterocycles. The summed E-state index contributed by atoms with van der Waals surface area (Å²) in [4.78, 5) is 5.09. The van der Waals surface area contributed by atoms with Crippen LogP contribution in [0.3, 0.4) is 0 Å². The van der Waals surface area contributed by atoms with Crippen LogP contribution in [0.2, 0.25) is 0 Å². The highest BCUT2D eigenvalue weighted by Crippen LogP contribution is 2.08. The zero-order valence-corrected chi connectivity index (χ0v) is 15.2. The van der Waals surface area contributed by atoms with E-state index in [9.17, 15) is 0 Å².